The molecule has 2 heterocycles. The van der Waals surface area contributed by atoms with Crippen LogP contribution < -0.4 is 14.9 Å². The lowest BCUT2D eigenvalue weighted by molar-refractivity contribution is -0.139. The van der Waals surface area contributed by atoms with Gasteiger partial charge in [-0.1, -0.05) is 58.8 Å². The fourth-order valence-electron chi connectivity index (χ4n) is 3.50. The van der Waals surface area contributed by atoms with E-state index in [1.54, 1.807) is 60.9 Å². The van der Waals surface area contributed by atoms with Crippen LogP contribution in [0, 0.1) is 0 Å². The molecule has 5 nitrogen and oxygen atoms in total. The van der Waals surface area contributed by atoms with E-state index in [2.05, 4.69) is 4.99 Å². The summed E-state index contributed by atoms with van der Waals surface area (Å²) >= 11 is 13.4. The standard InChI is InChI=1S/C23H18Cl2N2O3S/c1-3-30-22(29)19-13(2)26-23-27(20(19)15-7-9-16(24)10-8-15)21(28)18(31-23)12-14-5-4-6-17(25)11-14/h4-12,20H,3H2,1-2H3/b18-12+/t20-/m1/s1. The van der Waals surface area contributed by atoms with Gasteiger partial charge in [0.1, 0.15) is 0 Å². The van der Waals surface area contributed by atoms with E-state index in [-0.39, 0.29) is 12.2 Å². The molecule has 0 radical (unpaired) electrons. The largest absolute Gasteiger partial charge is 0.463 e. The summed E-state index contributed by atoms with van der Waals surface area (Å²) < 4.78 is 7.32. The number of carbonyl (C=O) groups is 1. The minimum absolute atomic E-state index is 0.224. The maximum absolute atomic E-state index is 13.4. The van der Waals surface area contributed by atoms with Crippen LogP contribution in [0.1, 0.15) is 31.0 Å². The summed E-state index contributed by atoms with van der Waals surface area (Å²) in [6.07, 6.45) is 1.78. The van der Waals surface area contributed by atoms with Gasteiger partial charge in [0.05, 0.1) is 28.5 Å². The zero-order valence-corrected chi connectivity index (χ0v) is 19.1. The summed E-state index contributed by atoms with van der Waals surface area (Å²) in [5.74, 6) is -0.493. The summed E-state index contributed by atoms with van der Waals surface area (Å²) in [5, 5.41) is 1.15. The number of aromatic nitrogens is 1. The van der Waals surface area contributed by atoms with Crippen molar-refractivity contribution in [3.05, 3.63) is 101 Å². The Morgan fingerprint density at radius 1 is 1.19 bits per heavy atom. The molecule has 0 N–H and O–H groups in total. The van der Waals surface area contributed by atoms with E-state index < -0.39 is 12.0 Å². The van der Waals surface area contributed by atoms with Crippen molar-refractivity contribution in [2.45, 2.75) is 19.9 Å². The highest BCUT2D eigenvalue weighted by molar-refractivity contribution is 7.07. The van der Waals surface area contributed by atoms with Crippen molar-refractivity contribution < 1.29 is 9.53 Å². The predicted molar refractivity (Wildman–Crippen MR) is 123 cm³/mol. The summed E-state index contributed by atoms with van der Waals surface area (Å²) in [4.78, 5) is 31.3. The van der Waals surface area contributed by atoms with E-state index in [4.69, 9.17) is 27.9 Å². The van der Waals surface area contributed by atoms with Gasteiger partial charge in [-0.3, -0.25) is 9.36 Å². The minimum Gasteiger partial charge on any atom is -0.463 e. The van der Waals surface area contributed by atoms with Crippen LogP contribution in [-0.2, 0) is 9.53 Å². The molecule has 158 valence electrons. The number of carbonyl (C=O) groups excluding carboxylic acids is 1. The summed E-state index contributed by atoms with van der Waals surface area (Å²) in [6, 6.07) is 13.7. The lowest BCUT2D eigenvalue weighted by atomic mass is 9.96. The molecular formula is C23H18Cl2N2O3S. The van der Waals surface area contributed by atoms with Gasteiger partial charge in [-0.25, -0.2) is 9.79 Å². The molecule has 0 aliphatic carbocycles. The van der Waals surface area contributed by atoms with Crippen molar-refractivity contribution in [3.63, 3.8) is 0 Å². The van der Waals surface area contributed by atoms with Gasteiger partial charge in [0, 0.05) is 10.0 Å². The Labute approximate surface area is 192 Å². The van der Waals surface area contributed by atoms with Gasteiger partial charge in [0.25, 0.3) is 5.56 Å². The molecule has 8 heteroatoms. The molecule has 0 saturated carbocycles. The number of rotatable bonds is 4. The molecule has 0 fully saturated rings. The predicted octanol–water partition coefficient (Wildman–Crippen LogP) is 4.11. The van der Waals surface area contributed by atoms with Crippen LogP contribution in [0.3, 0.4) is 0 Å². The van der Waals surface area contributed by atoms with Crippen molar-refractivity contribution in [2.24, 2.45) is 4.99 Å². The second kappa shape index (κ2) is 8.83. The van der Waals surface area contributed by atoms with E-state index in [9.17, 15) is 9.59 Å². The SMILES string of the molecule is CCOC(=O)C1=C(C)N=c2s/c(=C/c3cccc(Cl)c3)c(=O)n2[C@@H]1c1ccc(Cl)cc1. The Bertz CT molecular complexity index is 1370. The smallest absolute Gasteiger partial charge is 0.338 e. The first-order valence-corrected chi connectivity index (χ1v) is 11.2. The fourth-order valence-corrected chi connectivity index (χ4v) is 4.87. The topological polar surface area (TPSA) is 60.7 Å². The number of ether oxygens (including phenoxy) is 1. The zero-order chi connectivity index (χ0) is 22.1. The fraction of sp³-hybridized carbons (Fsp3) is 0.174. The Morgan fingerprint density at radius 3 is 2.61 bits per heavy atom. The molecule has 3 aromatic rings. The Morgan fingerprint density at radius 2 is 1.94 bits per heavy atom. The lowest BCUT2D eigenvalue weighted by Crippen LogP contribution is -2.39. The molecule has 31 heavy (non-hydrogen) atoms. The van der Waals surface area contributed by atoms with Crippen LogP contribution in [-0.4, -0.2) is 17.1 Å². The first-order chi connectivity index (χ1) is 14.9. The van der Waals surface area contributed by atoms with Crippen molar-refractivity contribution >= 4 is 46.6 Å². The number of hydrogen-bond donors (Lipinski definition) is 0. The van der Waals surface area contributed by atoms with Crippen LogP contribution >= 0.6 is 34.5 Å². The Balaban J connectivity index is 1.96. The third-order valence-corrected chi connectivity index (χ3v) is 6.32. The molecule has 2 aromatic carbocycles. The van der Waals surface area contributed by atoms with Gasteiger partial charge in [-0.05, 0) is 55.3 Å². The average molecular weight is 473 g/mol. The van der Waals surface area contributed by atoms with E-state index in [1.165, 1.54) is 11.3 Å². The van der Waals surface area contributed by atoms with Gasteiger partial charge in [0.2, 0.25) is 0 Å². The molecule has 0 spiro atoms. The summed E-state index contributed by atoms with van der Waals surface area (Å²) in [6.45, 7) is 3.72. The summed E-state index contributed by atoms with van der Waals surface area (Å²) in [5.41, 5.74) is 2.18. The quantitative estimate of drug-likeness (QED) is 0.536. The van der Waals surface area contributed by atoms with Crippen LogP contribution in [0.25, 0.3) is 6.08 Å². The molecule has 1 atom stereocenters. The molecule has 1 aliphatic rings. The molecule has 4 rings (SSSR count). The third kappa shape index (κ3) is 4.24. The highest BCUT2D eigenvalue weighted by Gasteiger charge is 2.33. The van der Waals surface area contributed by atoms with E-state index in [1.807, 2.05) is 12.1 Å². The van der Waals surface area contributed by atoms with E-state index in [0.29, 0.717) is 30.6 Å². The van der Waals surface area contributed by atoms with Crippen molar-refractivity contribution in [1.29, 1.82) is 0 Å². The maximum atomic E-state index is 13.4. The molecule has 0 bridgehead atoms. The van der Waals surface area contributed by atoms with Gasteiger partial charge in [-0.2, -0.15) is 0 Å². The Kier molecular flexibility index (Phi) is 6.14. The second-order valence-electron chi connectivity index (χ2n) is 6.91. The van der Waals surface area contributed by atoms with Crippen molar-refractivity contribution in [3.8, 4) is 0 Å². The number of benzene rings is 2. The first-order valence-electron chi connectivity index (χ1n) is 9.59. The Hall–Kier alpha value is -2.67. The normalized spacial score (nSPS) is 16.1. The van der Waals surface area contributed by atoms with E-state index >= 15 is 0 Å². The first kappa shape index (κ1) is 21.6. The van der Waals surface area contributed by atoms with Gasteiger partial charge in [-0.15, -0.1) is 0 Å². The molecule has 0 saturated heterocycles. The van der Waals surface area contributed by atoms with Crippen LogP contribution in [0.5, 0.6) is 0 Å². The molecule has 0 unspecified atom stereocenters. The number of nitrogens with zero attached hydrogens (tertiary/aromatic N) is 2. The minimum atomic E-state index is -0.658. The van der Waals surface area contributed by atoms with Crippen LogP contribution in [0.4, 0.5) is 0 Å². The maximum Gasteiger partial charge on any atom is 0.338 e. The number of halogens is 2. The lowest BCUT2D eigenvalue weighted by Gasteiger charge is -2.24. The van der Waals surface area contributed by atoms with E-state index in [0.717, 1.165) is 11.1 Å². The number of allylic oxidation sites excluding steroid dienone is 1. The van der Waals surface area contributed by atoms with Crippen molar-refractivity contribution in [1.82, 2.24) is 4.57 Å². The molecular weight excluding hydrogens is 455 g/mol. The van der Waals surface area contributed by atoms with Gasteiger partial charge < -0.3 is 4.74 Å². The highest BCUT2D eigenvalue weighted by atomic mass is 35.5. The molecule has 1 aromatic heterocycles. The summed E-state index contributed by atoms with van der Waals surface area (Å²) in [7, 11) is 0. The number of fused-ring (bicyclic) bond motifs is 1. The zero-order valence-electron chi connectivity index (χ0n) is 16.8. The second-order valence-corrected chi connectivity index (χ2v) is 8.79. The van der Waals surface area contributed by atoms with Crippen LogP contribution in [0.2, 0.25) is 10.0 Å². The van der Waals surface area contributed by atoms with Gasteiger partial charge in [0.15, 0.2) is 4.80 Å². The molecule has 0 amide bonds. The highest BCUT2D eigenvalue weighted by Crippen LogP contribution is 2.31. The number of thiazole rings is 1. The molecule has 1 aliphatic heterocycles. The average Bonchev–Trinajstić information content (AvgIpc) is 3.02. The van der Waals surface area contributed by atoms with Gasteiger partial charge >= 0.3 is 5.97 Å². The monoisotopic (exact) mass is 472 g/mol. The van der Waals surface area contributed by atoms with Crippen molar-refractivity contribution in [2.75, 3.05) is 6.61 Å². The third-order valence-electron chi connectivity index (χ3n) is 4.85. The number of esters is 1. The number of hydrogen-bond acceptors (Lipinski definition) is 5. The van der Waals surface area contributed by atoms with Crippen LogP contribution in [0.15, 0.2) is 69.6 Å².